The summed E-state index contributed by atoms with van der Waals surface area (Å²) in [6.45, 7) is 1.29. The minimum absolute atomic E-state index is 0.220. The Balaban J connectivity index is 2.15. The third kappa shape index (κ3) is 4.09. The molecule has 1 saturated heterocycles. The average molecular weight is 290 g/mol. The Morgan fingerprint density at radius 2 is 2.15 bits per heavy atom. The largest absolute Gasteiger partial charge is 0.573 e. The van der Waals surface area contributed by atoms with Gasteiger partial charge in [0.1, 0.15) is 5.75 Å². The maximum absolute atomic E-state index is 12.4. The summed E-state index contributed by atoms with van der Waals surface area (Å²) in [5, 5.41) is 0. The van der Waals surface area contributed by atoms with Gasteiger partial charge >= 0.3 is 6.36 Å². The van der Waals surface area contributed by atoms with E-state index in [2.05, 4.69) is 10.2 Å². The molecular weight excluding hydrogens is 273 g/mol. The minimum Gasteiger partial charge on any atom is -0.405 e. The van der Waals surface area contributed by atoms with Crippen molar-refractivity contribution in [3.63, 3.8) is 0 Å². The van der Waals surface area contributed by atoms with Crippen molar-refractivity contribution in [3.8, 4) is 5.75 Å². The number of nitrogens with two attached hydrogens (primary N) is 1. The van der Waals surface area contributed by atoms with Gasteiger partial charge in [-0.25, -0.2) is 0 Å². The van der Waals surface area contributed by atoms with Crippen LogP contribution in [0, 0.1) is 5.92 Å². The van der Waals surface area contributed by atoms with Gasteiger partial charge in [-0.1, -0.05) is 18.2 Å². The molecular formula is C13H17F3N2O2. The van der Waals surface area contributed by atoms with E-state index in [4.69, 9.17) is 10.6 Å². The lowest BCUT2D eigenvalue weighted by molar-refractivity contribution is -0.275. The number of hydrogen-bond donors (Lipinski definition) is 2. The maximum atomic E-state index is 12.4. The predicted molar refractivity (Wildman–Crippen MR) is 66.7 cm³/mol. The third-order valence-corrected chi connectivity index (χ3v) is 3.31. The molecule has 1 aromatic carbocycles. The summed E-state index contributed by atoms with van der Waals surface area (Å²) in [5.41, 5.74) is 2.97. The molecule has 2 unspecified atom stereocenters. The molecule has 0 aromatic heterocycles. The van der Waals surface area contributed by atoms with Crippen molar-refractivity contribution in [3.05, 3.63) is 29.8 Å². The normalized spacial score (nSPS) is 20.9. The van der Waals surface area contributed by atoms with E-state index >= 15 is 0 Å². The van der Waals surface area contributed by atoms with Gasteiger partial charge in [0.25, 0.3) is 0 Å². The molecule has 20 heavy (non-hydrogen) atoms. The molecule has 1 aliphatic heterocycles. The second-order valence-electron chi connectivity index (χ2n) is 4.77. The fourth-order valence-corrected chi connectivity index (χ4v) is 2.37. The Morgan fingerprint density at radius 1 is 1.40 bits per heavy atom. The highest BCUT2D eigenvalue weighted by atomic mass is 19.4. The van der Waals surface area contributed by atoms with Crippen LogP contribution in [0.1, 0.15) is 24.4 Å². The van der Waals surface area contributed by atoms with Gasteiger partial charge in [-0.05, 0) is 24.8 Å². The molecule has 0 spiro atoms. The van der Waals surface area contributed by atoms with Crippen LogP contribution in [0.25, 0.3) is 0 Å². The predicted octanol–water partition coefficient (Wildman–Crippen LogP) is 2.52. The Morgan fingerprint density at radius 3 is 2.75 bits per heavy atom. The van der Waals surface area contributed by atoms with Crippen LogP contribution in [0.2, 0.25) is 0 Å². The van der Waals surface area contributed by atoms with E-state index in [0.29, 0.717) is 25.2 Å². The van der Waals surface area contributed by atoms with Gasteiger partial charge in [0.15, 0.2) is 0 Å². The van der Waals surface area contributed by atoms with Crippen LogP contribution in [-0.4, -0.2) is 19.6 Å². The second-order valence-corrected chi connectivity index (χ2v) is 4.77. The first-order valence-corrected chi connectivity index (χ1v) is 6.38. The number of rotatable bonds is 5. The van der Waals surface area contributed by atoms with Crippen LogP contribution in [0.4, 0.5) is 13.2 Å². The molecule has 4 nitrogen and oxygen atoms in total. The quantitative estimate of drug-likeness (QED) is 0.646. The molecule has 2 rings (SSSR count). The molecule has 1 fully saturated rings. The summed E-state index contributed by atoms with van der Waals surface area (Å²) in [5.74, 6) is 5.55. The van der Waals surface area contributed by atoms with Crippen LogP contribution in [0.15, 0.2) is 24.3 Å². The fourth-order valence-electron chi connectivity index (χ4n) is 2.37. The first-order chi connectivity index (χ1) is 9.49. The van der Waals surface area contributed by atoms with Gasteiger partial charge in [0, 0.05) is 24.8 Å². The number of ether oxygens (including phenoxy) is 2. The highest BCUT2D eigenvalue weighted by Crippen LogP contribution is 2.34. The van der Waals surface area contributed by atoms with E-state index in [1.807, 2.05) is 0 Å². The Labute approximate surface area is 115 Å². The van der Waals surface area contributed by atoms with Crippen molar-refractivity contribution in [2.45, 2.75) is 25.2 Å². The molecule has 0 bridgehead atoms. The molecule has 112 valence electrons. The Hall–Kier alpha value is -1.31. The zero-order valence-corrected chi connectivity index (χ0v) is 10.8. The summed E-state index contributed by atoms with van der Waals surface area (Å²) in [6.07, 6.45) is -3.22. The first kappa shape index (κ1) is 15.1. The SMILES string of the molecule is NNC(CC1CCOC1)c1ccccc1OC(F)(F)F. The zero-order chi connectivity index (χ0) is 14.6. The van der Waals surface area contributed by atoms with Crippen LogP contribution in [0.3, 0.4) is 0 Å². The van der Waals surface area contributed by atoms with Gasteiger partial charge in [-0.15, -0.1) is 13.2 Å². The van der Waals surface area contributed by atoms with Crippen molar-refractivity contribution < 1.29 is 22.6 Å². The second kappa shape index (κ2) is 6.43. The van der Waals surface area contributed by atoms with Crippen LogP contribution < -0.4 is 16.0 Å². The molecule has 1 aromatic rings. The van der Waals surface area contributed by atoms with Crippen molar-refractivity contribution in [1.82, 2.24) is 5.43 Å². The number of nitrogens with one attached hydrogen (secondary N) is 1. The van der Waals surface area contributed by atoms with E-state index in [0.717, 1.165) is 6.42 Å². The van der Waals surface area contributed by atoms with Crippen molar-refractivity contribution in [1.29, 1.82) is 0 Å². The lowest BCUT2D eigenvalue weighted by Gasteiger charge is -2.22. The van der Waals surface area contributed by atoms with Crippen molar-refractivity contribution >= 4 is 0 Å². The minimum atomic E-state index is -4.72. The summed E-state index contributed by atoms with van der Waals surface area (Å²) in [6, 6.07) is 5.63. The van der Waals surface area contributed by atoms with E-state index in [1.165, 1.54) is 12.1 Å². The average Bonchev–Trinajstić information content (AvgIpc) is 2.88. The first-order valence-electron chi connectivity index (χ1n) is 6.38. The van der Waals surface area contributed by atoms with E-state index in [1.54, 1.807) is 12.1 Å². The van der Waals surface area contributed by atoms with Gasteiger partial charge in [-0.3, -0.25) is 11.3 Å². The summed E-state index contributed by atoms with van der Waals surface area (Å²) >= 11 is 0. The fraction of sp³-hybridized carbons (Fsp3) is 0.538. The number of hydrogen-bond acceptors (Lipinski definition) is 4. The van der Waals surface area contributed by atoms with Crippen LogP contribution in [0.5, 0.6) is 5.75 Å². The highest BCUT2D eigenvalue weighted by molar-refractivity contribution is 5.36. The molecule has 3 N–H and O–H groups in total. The third-order valence-electron chi connectivity index (χ3n) is 3.31. The van der Waals surface area contributed by atoms with Crippen LogP contribution >= 0.6 is 0 Å². The van der Waals surface area contributed by atoms with E-state index < -0.39 is 12.4 Å². The molecule has 0 amide bonds. The Bertz CT molecular complexity index is 434. The van der Waals surface area contributed by atoms with Gasteiger partial charge in [-0.2, -0.15) is 0 Å². The summed E-state index contributed by atoms with van der Waals surface area (Å²) < 4.78 is 46.5. The topological polar surface area (TPSA) is 56.5 Å². The number of alkyl halides is 3. The number of halogens is 3. The molecule has 2 atom stereocenters. The number of hydrazine groups is 1. The molecule has 1 aliphatic rings. The smallest absolute Gasteiger partial charge is 0.405 e. The molecule has 0 saturated carbocycles. The maximum Gasteiger partial charge on any atom is 0.573 e. The van der Waals surface area contributed by atoms with Crippen LogP contribution in [-0.2, 0) is 4.74 Å². The van der Waals surface area contributed by atoms with E-state index in [9.17, 15) is 13.2 Å². The van der Waals surface area contributed by atoms with Crippen molar-refractivity contribution in [2.75, 3.05) is 13.2 Å². The lowest BCUT2D eigenvalue weighted by atomic mass is 9.94. The Kier molecular flexibility index (Phi) is 4.85. The van der Waals surface area contributed by atoms with Gasteiger partial charge in [0.05, 0.1) is 0 Å². The van der Waals surface area contributed by atoms with Gasteiger partial charge in [0.2, 0.25) is 0 Å². The van der Waals surface area contributed by atoms with Gasteiger partial charge < -0.3 is 9.47 Å². The molecule has 0 aliphatic carbocycles. The standard InChI is InChI=1S/C13H17F3N2O2/c14-13(15,16)20-12-4-2-1-3-10(12)11(18-17)7-9-5-6-19-8-9/h1-4,9,11,18H,5-8,17H2. The lowest BCUT2D eigenvalue weighted by Crippen LogP contribution is -2.31. The molecule has 0 radical (unpaired) electrons. The number of para-hydroxylation sites is 1. The zero-order valence-electron chi connectivity index (χ0n) is 10.8. The monoisotopic (exact) mass is 290 g/mol. The summed E-state index contributed by atoms with van der Waals surface area (Å²) in [7, 11) is 0. The molecule has 7 heteroatoms. The summed E-state index contributed by atoms with van der Waals surface area (Å²) in [4.78, 5) is 0. The van der Waals surface area contributed by atoms with Crippen molar-refractivity contribution in [2.24, 2.45) is 11.8 Å². The van der Waals surface area contributed by atoms with E-state index in [-0.39, 0.29) is 11.7 Å². The number of benzene rings is 1. The molecule has 1 heterocycles. The highest BCUT2D eigenvalue weighted by Gasteiger charge is 2.33.